The van der Waals surface area contributed by atoms with Gasteiger partial charge in [-0.15, -0.1) is 0 Å². The Morgan fingerprint density at radius 2 is 1.45 bits per heavy atom. The molecular weight excluding hydrogens is 199 g/mol. The fourth-order valence-corrected chi connectivity index (χ4v) is 0.680. The van der Waals surface area contributed by atoms with Gasteiger partial charge in [0.1, 0.15) is 0 Å². The van der Waals surface area contributed by atoms with Crippen LogP contribution in [0.15, 0.2) is 22.9 Å². The van der Waals surface area contributed by atoms with E-state index in [0.717, 1.165) is 0 Å². The van der Waals surface area contributed by atoms with Crippen molar-refractivity contribution in [3.8, 4) is 0 Å². The Labute approximate surface area is 92.6 Å². The fraction of sp³-hybridized carbons (Fsp3) is 0. The molecule has 2 N–H and O–H groups in total. The second-order valence-corrected chi connectivity index (χ2v) is 2.95. The largest absolute Gasteiger partial charge is 1.00 e. The second kappa shape index (κ2) is 7.23. The van der Waals surface area contributed by atoms with E-state index in [4.69, 9.17) is 17.5 Å². The van der Waals surface area contributed by atoms with E-state index in [1.165, 1.54) is 0 Å². The molecule has 1 aromatic rings. The predicted octanol–water partition coefficient (Wildman–Crippen LogP) is -1.79. The van der Waals surface area contributed by atoms with Gasteiger partial charge in [0.25, 0.3) is 0 Å². The molecule has 11 heavy (non-hydrogen) atoms. The summed E-state index contributed by atoms with van der Waals surface area (Å²) in [6.07, 6.45) is 0. The average molecular weight is 206 g/mol. The molecule has 0 atom stereocenters. The standard InChI is InChI=1S/C4H4S.Na.H2O4S.H/c1-2-4-5-3-1;;1-5(2,3)4;/h1-4H;;(H2,1,2,3,4);/q;+1;;-1. The van der Waals surface area contributed by atoms with Crippen molar-refractivity contribution in [2.45, 2.75) is 0 Å². The van der Waals surface area contributed by atoms with E-state index in [2.05, 4.69) is 0 Å². The third kappa shape index (κ3) is 25.0. The maximum atomic E-state index is 8.74. The Bertz CT molecular complexity index is 221. The Hall–Kier alpha value is 0.570. The smallest absolute Gasteiger partial charge is 1.00 e. The summed E-state index contributed by atoms with van der Waals surface area (Å²) >= 11 is 1.71. The van der Waals surface area contributed by atoms with Crippen LogP contribution in [0.25, 0.3) is 0 Å². The van der Waals surface area contributed by atoms with E-state index >= 15 is 0 Å². The molecule has 1 heterocycles. The van der Waals surface area contributed by atoms with Crippen molar-refractivity contribution in [3.05, 3.63) is 22.9 Å². The Kier molecular flexibility index (Phi) is 9.28. The first-order chi connectivity index (χ1) is 4.50. The average Bonchev–Trinajstić information content (AvgIpc) is 2.07. The number of hydrogen-bond acceptors (Lipinski definition) is 3. The molecule has 60 valence electrons. The zero-order valence-electron chi connectivity index (χ0n) is 6.84. The van der Waals surface area contributed by atoms with Gasteiger partial charge in [0.2, 0.25) is 0 Å². The molecular formula is C4H7NaO4S2. The third-order valence-corrected chi connectivity index (χ3v) is 1.05. The monoisotopic (exact) mass is 206 g/mol. The summed E-state index contributed by atoms with van der Waals surface area (Å²) in [6.45, 7) is 0. The van der Waals surface area contributed by atoms with Gasteiger partial charge in [-0.25, -0.2) is 0 Å². The molecule has 1 aromatic heterocycles. The molecule has 0 unspecified atom stereocenters. The first-order valence-corrected chi connectivity index (χ1v) is 4.51. The van der Waals surface area contributed by atoms with E-state index in [0.29, 0.717) is 0 Å². The molecule has 0 aliphatic heterocycles. The van der Waals surface area contributed by atoms with Crippen LogP contribution < -0.4 is 29.6 Å². The van der Waals surface area contributed by atoms with E-state index < -0.39 is 10.4 Å². The zero-order valence-corrected chi connectivity index (χ0v) is 9.47. The van der Waals surface area contributed by atoms with Gasteiger partial charge in [-0.3, -0.25) is 9.11 Å². The van der Waals surface area contributed by atoms with Crippen LogP contribution in [0.4, 0.5) is 0 Å². The zero-order chi connectivity index (χ0) is 8.04. The van der Waals surface area contributed by atoms with Crippen LogP contribution in [-0.2, 0) is 10.4 Å². The van der Waals surface area contributed by atoms with Gasteiger partial charge in [-0.2, -0.15) is 19.8 Å². The molecule has 7 heteroatoms. The van der Waals surface area contributed by atoms with Crippen LogP contribution in [-0.4, -0.2) is 17.5 Å². The first kappa shape index (κ1) is 14.1. The molecule has 0 saturated heterocycles. The third-order valence-electron chi connectivity index (χ3n) is 0.425. The quantitative estimate of drug-likeness (QED) is 0.388. The molecule has 1 rings (SSSR count). The molecule has 0 aliphatic rings. The summed E-state index contributed by atoms with van der Waals surface area (Å²) in [4.78, 5) is 0. The van der Waals surface area contributed by atoms with Crippen LogP contribution in [0.5, 0.6) is 0 Å². The van der Waals surface area contributed by atoms with Crippen LogP contribution in [0, 0.1) is 0 Å². The van der Waals surface area contributed by atoms with Crippen LogP contribution in [0.3, 0.4) is 0 Å². The van der Waals surface area contributed by atoms with Crippen molar-refractivity contribution >= 4 is 21.7 Å². The van der Waals surface area contributed by atoms with Crippen LogP contribution >= 0.6 is 11.3 Å². The van der Waals surface area contributed by atoms with Crippen LogP contribution in [0.2, 0.25) is 0 Å². The van der Waals surface area contributed by atoms with Crippen molar-refractivity contribution in [2.24, 2.45) is 0 Å². The summed E-state index contributed by atoms with van der Waals surface area (Å²) in [6, 6.07) is 4.04. The van der Waals surface area contributed by atoms with Gasteiger partial charge >= 0.3 is 40.0 Å². The molecule has 0 spiro atoms. The first-order valence-electron chi connectivity index (χ1n) is 2.17. The molecule has 4 nitrogen and oxygen atoms in total. The van der Waals surface area contributed by atoms with Gasteiger partial charge in [-0.05, 0) is 10.8 Å². The number of rotatable bonds is 0. The van der Waals surface area contributed by atoms with Crippen molar-refractivity contribution < 1.29 is 48.5 Å². The normalized spacial score (nSPS) is 8.91. The number of thiophene rings is 1. The van der Waals surface area contributed by atoms with Gasteiger partial charge in [0.05, 0.1) is 0 Å². The SMILES string of the molecule is O=S(=O)(O)O.[H-].[Na+].c1ccsc1. The second-order valence-electron chi connectivity index (χ2n) is 1.24. The summed E-state index contributed by atoms with van der Waals surface area (Å²) < 4.78 is 31.6. The minimum Gasteiger partial charge on any atom is -1.00 e. The maximum Gasteiger partial charge on any atom is 1.00 e. The van der Waals surface area contributed by atoms with Crippen LogP contribution in [0.1, 0.15) is 1.43 Å². The Morgan fingerprint density at radius 1 is 1.18 bits per heavy atom. The molecule has 0 aliphatic carbocycles. The number of hydrogen-bond donors (Lipinski definition) is 2. The maximum absolute atomic E-state index is 8.74. The van der Waals surface area contributed by atoms with Gasteiger partial charge in [0, 0.05) is 0 Å². The minimum absolute atomic E-state index is 0. The summed E-state index contributed by atoms with van der Waals surface area (Å²) in [7, 11) is -4.67. The van der Waals surface area contributed by atoms with E-state index in [1.54, 1.807) is 11.3 Å². The van der Waals surface area contributed by atoms with E-state index in [1.807, 2.05) is 22.9 Å². The summed E-state index contributed by atoms with van der Waals surface area (Å²) in [5.74, 6) is 0. The Morgan fingerprint density at radius 3 is 1.55 bits per heavy atom. The summed E-state index contributed by atoms with van der Waals surface area (Å²) in [5.41, 5.74) is 0. The minimum atomic E-state index is -4.67. The van der Waals surface area contributed by atoms with Crippen molar-refractivity contribution in [3.63, 3.8) is 0 Å². The van der Waals surface area contributed by atoms with Crippen molar-refractivity contribution in [1.29, 1.82) is 0 Å². The predicted molar refractivity (Wildman–Crippen MR) is 39.6 cm³/mol. The van der Waals surface area contributed by atoms with Gasteiger partial charge < -0.3 is 1.43 Å². The molecule has 0 radical (unpaired) electrons. The van der Waals surface area contributed by atoms with Gasteiger partial charge in [-0.1, -0.05) is 12.1 Å². The molecule has 0 amide bonds. The molecule has 0 saturated carbocycles. The molecule has 0 bridgehead atoms. The van der Waals surface area contributed by atoms with E-state index in [9.17, 15) is 0 Å². The fourth-order valence-electron chi connectivity index (χ4n) is 0.227. The topological polar surface area (TPSA) is 74.6 Å². The molecule has 0 aromatic carbocycles. The van der Waals surface area contributed by atoms with Crippen molar-refractivity contribution in [2.75, 3.05) is 0 Å². The van der Waals surface area contributed by atoms with Gasteiger partial charge in [0.15, 0.2) is 0 Å². The van der Waals surface area contributed by atoms with E-state index in [-0.39, 0.29) is 31.0 Å². The molecule has 0 fully saturated rings. The summed E-state index contributed by atoms with van der Waals surface area (Å²) in [5, 5.41) is 4.08. The van der Waals surface area contributed by atoms with Crippen molar-refractivity contribution in [1.82, 2.24) is 0 Å². The Balaban J connectivity index is -0.000000116.